The van der Waals surface area contributed by atoms with Crippen LogP contribution in [0.1, 0.15) is 17.3 Å². The topological polar surface area (TPSA) is 107 Å². The quantitative estimate of drug-likeness (QED) is 0.555. The van der Waals surface area contributed by atoms with Gasteiger partial charge in [0.15, 0.2) is 0 Å². The van der Waals surface area contributed by atoms with E-state index in [1.54, 1.807) is 6.92 Å². The smallest absolute Gasteiger partial charge is 0.338 e. The number of rotatable bonds is 6. The second kappa shape index (κ2) is 8.86. The van der Waals surface area contributed by atoms with Crippen molar-refractivity contribution in [3.05, 3.63) is 80.7 Å². The van der Waals surface area contributed by atoms with Gasteiger partial charge in [-0.1, -0.05) is 29.3 Å². The molecule has 0 fully saturated rings. The lowest BCUT2D eigenvalue weighted by Crippen LogP contribution is -2.21. The lowest BCUT2D eigenvalue weighted by Gasteiger charge is -2.10. The number of halogens is 2. The van der Waals surface area contributed by atoms with Crippen LogP contribution < -0.4 is 10.3 Å². The SMILES string of the molecule is CCOC(=O)c1cccc(NS(=O)(=O)c2ccc(-n3ncc(Cl)c(Cl)c3=O)cc2)c1. The number of ether oxygens (including phenoxy) is 1. The average molecular weight is 468 g/mol. The third kappa shape index (κ3) is 4.64. The van der Waals surface area contributed by atoms with Gasteiger partial charge in [-0.15, -0.1) is 0 Å². The molecule has 3 aromatic rings. The molecule has 0 aliphatic heterocycles. The van der Waals surface area contributed by atoms with Crippen LogP contribution in [0.15, 0.2) is 64.4 Å². The fraction of sp³-hybridized carbons (Fsp3) is 0.105. The summed E-state index contributed by atoms with van der Waals surface area (Å²) >= 11 is 11.6. The number of sulfonamides is 1. The third-order valence-electron chi connectivity index (χ3n) is 3.89. The predicted octanol–water partition coefficient (Wildman–Crippen LogP) is 3.52. The Balaban J connectivity index is 1.86. The van der Waals surface area contributed by atoms with E-state index in [9.17, 15) is 18.0 Å². The maximum Gasteiger partial charge on any atom is 0.338 e. The molecule has 0 aliphatic carbocycles. The minimum atomic E-state index is -3.95. The Bertz CT molecular complexity index is 1260. The number of aromatic nitrogens is 2. The van der Waals surface area contributed by atoms with Crippen LogP contribution in [0.3, 0.4) is 0 Å². The van der Waals surface area contributed by atoms with Crippen molar-refractivity contribution in [3.63, 3.8) is 0 Å². The van der Waals surface area contributed by atoms with E-state index in [-0.39, 0.29) is 32.8 Å². The Morgan fingerprint density at radius 2 is 1.87 bits per heavy atom. The maximum absolute atomic E-state index is 12.7. The first-order valence-corrected chi connectivity index (χ1v) is 10.8. The van der Waals surface area contributed by atoms with E-state index in [1.807, 2.05) is 0 Å². The van der Waals surface area contributed by atoms with Gasteiger partial charge in [0.1, 0.15) is 5.02 Å². The average Bonchev–Trinajstić information content (AvgIpc) is 2.72. The number of nitrogens with zero attached hydrogens (tertiary/aromatic N) is 2. The van der Waals surface area contributed by atoms with Crippen LogP contribution in [-0.4, -0.2) is 30.8 Å². The zero-order chi connectivity index (χ0) is 21.9. The Morgan fingerprint density at radius 3 is 2.53 bits per heavy atom. The van der Waals surface area contributed by atoms with Crippen LogP contribution in [0, 0.1) is 0 Å². The van der Waals surface area contributed by atoms with Gasteiger partial charge in [0.05, 0.1) is 34.0 Å². The van der Waals surface area contributed by atoms with Crippen molar-refractivity contribution >= 4 is 44.9 Å². The van der Waals surface area contributed by atoms with Gasteiger partial charge in [-0.3, -0.25) is 9.52 Å². The van der Waals surface area contributed by atoms with Gasteiger partial charge >= 0.3 is 5.97 Å². The largest absolute Gasteiger partial charge is 0.462 e. The summed E-state index contributed by atoms with van der Waals surface area (Å²) < 4.78 is 33.7. The van der Waals surface area contributed by atoms with Crippen LogP contribution in [0.5, 0.6) is 0 Å². The molecule has 30 heavy (non-hydrogen) atoms. The van der Waals surface area contributed by atoms with Gasteiger partial charge in [0.25, 0.3) is 15.6 Å². The van der Waals surface area contributed by atoms with Gasteiger partial charge in [0, 0.05) is 5.69 Å². The highest BCUT2D eigenvalue weighted by molar-refractivity contribution is 7.92. The van der Waals surface area contributed by atoms with Gasteiger partial charge in [-0.05, 0) is 49.4 Å². The third-order valence-corrected chi connectivity index (χ3v) is 6.04. The molecule has 0 saturated carbocycles. The maximum atomic E-state index is 12.7. The van der Waals surface area contributed by atoms with E-state index in [0.29, 0.717) is 5.69 Å². The Labute approximate surface area is 182 Å². The molecule has 2 aromatic carbocycles. The number of carbonyl (C=O) groups is 1. The Morgan fingerprint density at radius 1 is 1.17 bits per heavy atom. The van der Waals surface area contributed by atoms with Crippen molar-refractivity contribution in [1.82, 2.24) is 9.78 Å². The molecule has 0 aliphatic rings. The first-order chi connectivity index (χ1) is 14.2. The second-order valence-electron chi connectivity index (χ2n) is 5.92. The fourth-order valence-electron chi connectivity index (χ4n) is 2.50. The number of carbonyl (C=O) groups excluding carboxylic acids is 1. The molecular formula is C19H15Cl2N3O5S. The van der Waals surface area contributed by atoms with E-state index < -0.39 is 21.6 Å². The number of nitrogens with one attached hydrogen (secondary N) is 1. The number of hydrogen-bond donors (Lipinski definition) is 1. The molecule has 0 saturated heterocycles. The van der Waals surface area contributed by atoms with E-state index in [2.05, 4.69) is 9.82 Å². The monoisotopic (exact) mass is 467 g/mol. The van der Waals surface area contributed by atoms with Crippen molar-refractivity contribution < 1.29 is 17.9 Å². The van der Waals surface area contributed by atoms with Crippen molar-refractivity contribution in [3.8, 4) is 5.69 Å². The molecule has 0 radical (unpaired) electrons. The molecule has 8 nitrogen and oxygen atoms in total. The molecule has 1 N–H and O–H groups in total. The molecule has 1 aromatic heterocycles. The Kier molecular flexibility index (Phi) is 6.45. The molecule has 11 heteroatoms. The minimum Gasteiger partial charge on any atom is -0.462 e. The van der Waals surface area contributed by atoms with Gasteiger partial charge in [0.2, 0.25) is 0 Å². The van der Waals surface area contributed by atoms with Crippen LogP contribution in [0.2, 0.25) is 10.0 Å². The fourth-order valence-corrected chi connectivity index (χ4v) is 3.80. The van der Waals surface area contributed by atoms with Crippen molar-refractivity contribution in [2.45, 2.75) is 11.8 Å². The number of anilines is 1. The van der Waals surface area contributed by atoms with Crippen LogP contribution in [0.25, 0.3) is 5.69 Å². The highest BCUT2D eigenvalue weighted by Crippen LogP contribution is 2.20. The van der Waals surface area contributed by atoms with Crippen molar-refractivity contribution in [2.75, 3.05) is 11.3 Å². The molecule has 1 heterocycles. The highest BCUT2D eigenvalue weighted by Gasteiger charge is 2.16. The van der Waals surface area contributed by atoms with Crippen LogP contribution >= 0.6 is 23.2 Å². The van der Waals surface area contributed by atoms with Crippen LogP contribution in [0.4, 0.5) is 5.69 Å². The minimum absolute atomic E-state index is 0.0198. The van der Waals surface area contributed by atoms with E-state index in [1.165, 1.54) is 54.7 Å². The molecule has 156 valence electrons. The van der Waals surface area contributed by atoms with Gasteiger partial charge in [-0.2, -0.15) is 9.78 Å². The number of benzene rings is 2. The van der Waals surface area contributed by atoms with E-state index >= 15 is 0 Å². The normalized spacial score (nSPS) is 11.2. The molecule has 0 amide bonds. The van der Waals surface area contributed by atoms with Crippen molar-refractivity contribution in [1.29, 1.82) is 0 Å². The van der Waals surface area contributed by atoms with E-state index in [0.717, 1.165) is 4.68 Å². The number of hydrogen-bond acceptors (Lipinski definition) is 6. The molecule has 3 rings (SSSR count). The molecule has 0 unspecified atom stereocenters. The van der Waals surface area contributed by atoms with Gasteiger partial charge < -0.3 is 4.74 Å². The summed E-state index contributed by atoms with van der Waals surface area (Å²) in [6.07, 6.45) is 1.22. The standard InChI is InChI=1S/C19H15Cl2N3O5S/c1-2-29-19(26)12-4-3-5-13(10-12)23-30(27,28)15-8-6-14(7-9-15)24-18(25)17(21)16(20)11-22-24/h3-11,23H,2H2,1H3. The van der Waals surface area contributed by atoms with Crippen LogP contribution in [-0.2, 0) is 14.8 Å². The number of esters is 1. The second-order valence-corrected chi connectivity index (χ2v) is 8.39. The summed E-state index contributed by atoms with van der Waals surface area (Å²) in [6.45, 7) is 1.88. The summed E-state index contributed by atoms with van der Waals surface area (Å²) in [4.78, 5) is 23.9. The summed E-state index contributed by atoms with van der Waals surface area (Å²) in [5.74, 6) is -0.553. The zero-order valence-corrected chi connectivity index (χ0v) is 17.8. The first kappa shape index (κ1) is 21.8. The predicted molar refractivity (Wildman–Crippen MR) is 113 cm³/mol. The van der Waals surface area contributed by atoms with Gasteiger partial charge in [-0.25, -0.2) is 13.2 Å². The summed E-state index contributed by atoms with van der Waals surface area (Å²) in [5.41, 5.74) is 0.0972. The first-order valence-electron chi connectivity index (χ1n) is 8.56. The highest BCUT2D eigenvalue weighted by atomic mass is 35.5. The van der Waals surface area contributed by atoms with E-state index in [4.69, 9.17) is 27.9 Å². The molecule has 0 spiro atoms. The van der Waals surface area contributed by atoms with Crippen molar-refractivity contribution in [2.24, 2.45) is 0 Å². The summed E-state index contributed by atoms with van der Waals surface area (Å²) in [7, 11) is -3.95. The molecular weight excluding hydrogens is 453 g/mol. The molecule has 0 bridgehead atoms. The lowest BCUT2D eigenvalue weighted by atomic mass is 10.2. The Hall–Kier alpha value is -2.88. The lowest BCUT2D eigenvalue weighted by molar-refractivity contribution is 0.0526. The summed E-state index contributed by atoms with van der Waals surface area (Å²) in [5, 5.41) is 3.72. The molecule has 0 atom stereocenters. The summed E-state index contributed by atoms with van der Waals surface area (Å²) in [6, 6.07) is 11.4. The zero-order valence-electron chi connectivity index (χ0n) is 15.5.